The van der Waals surface area contributed by atoms with Crippen molar-refractivity contribution in [3.8, 4) is 0 Å². The van der Waals surface area contributed by atoms with Crippen LogP contribution in [0.4, 0.5) is 0 Å². The number of benzene rings is 1. The van der Waals surface area contributed by atoms with Gasteiger partial charge in [0.05, 0.1) is 0 Å². The first-order chi connectivity index (χ1) is 8.54. The standard InChI is InChI=1S/C13H14ClNO3/c1-2-11(13(17)18)15-12(16)8-7-9-5-3-4-6-10(9)14/h3-8,11H,2H2,1H3,(H,15,16)(H,17,18)/b8-7+/t11-/m0/s1. The lowest BCUT2D eigenvalue weighted by molar-refractivity contribution is -0.141. The van der Waals surface area contributed by atoms with Crippen molar-refractivity contribution in [2.45, 2.75) is 19.4 Å². The lowest BCUT2D eigenvalue weighted by Gasteiger charge is -2.09. The van der Waals surface area contributed by atoms with Gasteiger partial charge in [0.2, 0.25) is 5.91 Å². The molecule has 0 bridgehead atoms. The molecule has 0 fully saturated rings. The highest BCUT2D eigenvalue weighted by Gasteiger charge is 2.15. The van der Waals surface area contributed by atoms with E-state index in [2.05, 4.69) is 5.32 Å². The van der Waals surface area contributed by atoms with Crippen molar-refractivity contribution in [2.75, 3.05) is 0 Å². The number of halogens is 1. The number of hydrogen-bond acceptors (Lipinski definition) is 2. The Morgan fingerprint density at radius 1 is 1.44 bits per heavy atom. The number of carbonyl (C=O) groups is 2. The molecule has 0 aromatic heterocycles. The maximum absolute atomic E-state index is 11.5. The van der Waals surface area contributed by atoms with E-state index in [9.17, 15) is 9.59 Å². The van der Waals surface area contributed by atoms with E-state index in [1.165, 1.54) is 6.08 Å². The highest BCUT2D eigenvalue weighted by molar-refractivity contribution is 6.32. The number of hydrogen-bond donors (Lipinski definition) is 2. The van der Waals surface area contributed by atoms with Crippen LogP contribution in [0.3, 0.4) is 0 Å². The molecule has 1 amide bonds. The highest BCUT2D eigenvalue weighted by atomic mass is 35.5. The lowest BCUT2D eigenvalue weighted by Crippen LogP contribution is -2.39. The van der Waals surface area contributed by atoms with Gasteiger partial charge in [0, 0.05) is 11.1 Å². The molecule has 0 aliphatic rings. The second-order valence-corrected chi connectivity index (χ2v) is 4.07. The van der Waals surface area contributed by atoms with Gasteiger partial charge in [0.25, 0.3) is 0 Å². The third kappa shape index (κ3) is 4.22. The summed E-state index contributed by atoms with van der Waals surface area (Å²) in [5.41, 5.74) is 0.706. The quantitative estimate of drug-likeness (QED) is 0.805. The maximum atomic E-state index is 11.5. The topological polar surface area (TPSA) is 66.4 Å². The zero-order valence-electron chi connectivity index (χ0n) is 9.89. The first-order valence-corrected chi connectivity index (χ1v) is 5.88. The summed E-state index contributed by atoms with van der Waals surface area (Å²) >= 11 is 5.91. The molecule has 0 heterocycles. The van der Waals surface area contributed by atoms with E-state index in [4.69, 9.17) is 16.7 Å². The molecule has 0 saturated heterocycles. The fourth-order valence-corrected chi connectivity index (χ4v) is 1.53. The van der Waals surface area contributed by atoms with Gasteiger partial charge in [-0.3, -0.25) is 4.79 Å². The number of rotatable bonds is 5. The van der Waals surface area contributed by atoms with Gasteiger partial charge in [-0.05, 0) is 24.1 Å². The van der Waals surface area contributed by atoms with Gasteiger partial charge in [0.1, 0.15) is 6.04 Å². The van der Waals surface area contributed by atoms with Gasteiger partial charge in [-0.15, -0.1) is 0 Å². The first kappa shape index (κ1) is 14.3. The highest BCUT2D eigenvalue weighted by Crippen LogP contribution is 2.15. The molecule has 5 heteroatoms. The Hall–Kier alpha value is -1.81. The second-order valence-electron chi connectivity index (χ2n) is 3.66. The fraction of sp³-hybridized carbons (Fsp3) is 0.231. The summed E-state index contributed by atoms with van der Waals surface area (Å²) in [6.45, 7) is 1.69. The summed E-state index contributed by atoms with van der Waals surface area (Å²) in [4.78, 5) is 22.2. The molecule has 1 aromatic rings. The normalized spacial score (nSPS) is 12.3. The van der Waals surface area contributed by atoms with Crippen LogP contribution < -0.4 is 5.32 Å². The summed E-state index contributed by atoms with van der Waals surface area (Å²) in [5.74, 6) is -1.50. The Morgan fingerprint density at radius 2 is 2.11 bits per heavy atom. The summed E-state index contributed by atoms with van der Waals surface area (Å²) in [5, 5.41) is 11.7. The predicted molar refractivity (Wildman–Crippen MR) is 70.3 cm³/mol. The van der Waals surface area contributed by atoms with Gasteiger partial charge < -0.3 is 10.4 Å². The zero-order chi connectivity index (χ0) is 13.5. The molecule has 0 saturated carbocycles. The van der Waals surface area contributed by atoms with Gasteiger partial charge in [0.15, 0.2) is 0 Å². The minimum Gasteiger partial charge on any atom is -0.480 e. The first-order valence-electron chi connectivity index (χ1n) is 5.50. The minimum absolute atomic E-state index is 0.334. The largest absolute Gasteiger partial charge is 0.480 e. The molecule has 4 nitrogen and oxygen atoms in total. The van der Waals surface area contributed by atoms with E-state index in [0.29, 0.717) is 17.0 Å². The fourth-order valence-electron chi connectivity index (χ4n) is 1.33. The van der Waals surface area contributed by atoms with Crippen molar-refractivity contribution in [3.05, 3.63) is 40.9 Å². The molecule has 96 valence electrons. The van der Waals surface area contributed by atoms with Gasteiger partial charge in [-0.1, -0.05) is 36.7 Å². The third-order valence-electron chi connectivity index (χ3n) is 2.34. The van der Waals surface area contributed by atoms with E-state index in [1.807, 2.05) is 0 Å². The van der Waals surface area contributed by atoms with Crippen molar-refractivity contribution in [3.63, 3.8) is 0 Å². The van der Waals surface area contributed by atoms with Crippen molar-refractivity contribution in [1.29, 1.82) is 0 Å². The van der Waals surface area contributed by atoms with Crippen LogP contribution in [-0.2, 0) is 9.59 Å². The lowest BCUT2D eigenvalue weighted by atomic mass is 10.2. The van der Waals surface area contributed by atoms with Crippen LogP contribution in [0, 0.1) is 0 Å². The molecule has 0 spiro atoms. The van der Waals surface area contributed by atoms with Gasteiger partial charge in [-0.2, -0.15) is 0 Å². The Morgan fingerprint density at radius 3 is 2.67 bits per heavy atom. The molecule has 2 N–H and O–H groups in total. The van der Waals surface area contributed by atoms with Crippen LogP contribution in [-0.4, -0.2) is 23.0 Å². The minimum atomic E-state index is -1.04. The Kier molecular flexibility index (Phi) is 5.39. The van der Waals surface area contributed by atoms with Crippen LogP contribution >= 0.6 is 11.6 Å². The van der Waals surface area contributed by atoms with Crippen molar-refractivity contribution < 1.29 is 14.7 Å². The SMILES string of the molecule is CC[C@H](NC(=O)/C=C/c1ccccc1Cl)C(=O)O. The van der Waals surface area contributed by atoms with Crippen LogP contribution in [0.25, 0.3) is 6.08 Å². The number of amides is 1. The van der Waals surface area contributed by atoms with E-state index in [1.54, 1.807) is 37.3 Å². The van der Waals surface area contributed by atoms with E-state index < -0.39 is 17.9 Å². The van der Waals surface area contributed by atoms with Gasteiger partial charge >= 0.3 is 5.97 Å². The molecule has 0 aliphatic heterocycles. The average molecular weight is 268 g/mol. The Bertz CT molecular complexity index is 471. The third-order valence-corrected chi connectivity index (χ3v) is 2.69. The molecule has 0 radical (unpaired) electrons. The number of carbonyl (C=O) groups excluding carboxylic acids is 1. The van der Waals surface area contributed by atoms with Crippen LogP contribution in [0.15, 0.2) is 30.3 Å². The molecule has 0 aliphatic carbocycles. The number of aliphatic carboxylic acids is 1. The summed E-state index contributed by atoms with van der Waals surface area (Å²) in [6.07, 6.45) is 3.15. The summed E-state index contributed by atoms with van der Waals surface area (Å²) in [7, 11) is 0. The average Bonchev–Trinajstić information content (AvgIpc) is 2.34. The Balaban J connectivity index is 2.65. The molecule has 1 atom stereocenters. The summed E-state index contributed by atoms with van der Waals surface area (Å²) in [6, 6.07) is 6.20. The van der Waals surface area contributed by atoms with E-state index in [0.717, 1.165) is 0 Å². The van der Waals surface area contributed by atoms with Gasteiger partial charge in [-0.25, -0.2) is 4.79 Å². The second kappa shape index (κ2) is 6.81. The molecule has 1 rings (SSSR count). The zero-order valence-corrected chi connectivity index (χ0v) is 10.6. The molecular formula is C13H14ClNO3. The molecule has 1 aromatic carbocycles. The predicted octanol–water partition coefficient (Wildman–Crippen LogP) is 2.33. The van der Waals surface area contributed by atoms with Crippen molar-refractivity contribution in [2.24, 2.45) is 0 Å². The maximum Gasteiger partial charge on any atom is 0.326 e. The number of carboxylic acid groups (broad SMARTS) is 1. The van der Waals surface area contributed by atoms with Crippen LogP contribution in [0.2, 0.25) is 5.02 Å². The Labute approximate surface area is 110 Å². The number of nitrogens with one attached hydrogen (secondary N) is 1. The monoisotopic (exact) mass is 267 g/mol. The van der Waals surface area contributed by atoms with Crippen molar-refractivity contribution in [1.82, 2.24) is 5.32 Å². The smallest absolute Gasteiger partial charge is 0.326 e. The molecule has 0 unspecified atom stereocenters. The van der Waals surface area contributed by atoms with E-state index in [-0.39, 0.29) is 0 Å². The number of carboxylic acids is 1. The van der Waals surface area contributed by atoms with Crippen LogP contribution in [0.1, 0.15) is 18.9 Å². The van der Waals surface area contributed by atoms with Crippen LogP contribution in [0.5, 0.6) is 0 Å². The van der Waals surface area contributed by atoms with E-state index >= 15 is 0 Å². The summed E-state index contributed by atoms with van der Waals surface area (Å²) < 4.78 is 0. The molecule has 18 heavy (non-hydrogen) atoms. The van der Waals surface area contributed by atoms with Crippen molar-refractivity contribution >= 4 is 29.6 Å². The molecular weight excluding hydrogens is 254 g/mol.